The van der Waals surface area contributed by atoms with Crippen LogP contribution >= 0.6 is 0 Å². The summed E-state index contributed by atoms with van der Waals surface area (Å²) in [6.45, 7) is 7.27. The normalized spacial score (nSPS) is 11.0. The molecule has 5 aromatic rings. The van der Waals surface area contributed by atoms with Gasteiger partial charge >= 0.3 is 0 Å². The fraction of sp³-hybridized carbons (Fsp3) is 0.156. The predicted octanol–water partition coefficient (Wildman–Crippen LogP) is 7.96. The van der Waals surface area contributed by atoms with Crippen LogP contribution in [0.1, 0.15) is 22.3 Å². The van der Waals surface area contributed by atoms with Crippen LogP contribution in [0.4, 0.5) is 11.5 Å². The van der Waals surface area contributed by atoms with Crippen molar-refractivity contribution in [2.24, 2.45) is 0 Å². The van der Waals surface area contributed by atoms with E-state index >= 15 is 0 Å². The Bertz CT molecular complexity index is 1410. The molecule has 0 N–H and O–H groups in total. The summed E-state index contributed by atoms with van der Waals surface area (Å²) in [7, 11) is 2.14. The summed E-state index contributed by atoms with van der Waals surface area (Å²) in [5.74, 6) is 1.93. The van der Waals surface area contributed by atoms with Crippen molar-refractivity contribution >= 4 is 11.5 Å². The van der Waals surface area contributed by atoms with Crippen molar-refractivity contribution < 1.29 is 0 Å². The van der Waals surface area contributed by atoms with Gasteiger partial charge in [0.15, 0.2) is 5.82 Å². The second-order valence-electron chi connectivity index (χ2n) is 9.22. The first-order valence-electron chi connectivity index (χ1n) is 12.1. The van der Waals surface area contributed by atoms with Crippen molar-refractivity contribution in [1.29, 1.82) is 0 Å². The van der Waals surface area contributed by atoms with Crippen molar-refractivity contribution in [2.45, 2.75) is 27.3 Å². The lowest BCUT2D eigenvalue weighted by molar-refractivity contribution is 0.814. The minimum atomic E-state index is 0.738. The van der Waals surface area contributed by atoms with Crippen LogP contribution < -0.4 is 4.90 Å². The van der Waals surface area contributed by atoms with Gasteiger partial charge in [-0.25, -0.2) is 4.98 Å². The smallest absolute Gasteiger partial charge is 0.159 e. The van der Waals surface area contributed by atoms with Crippen molar-refractivity contribution in [3.63, 3.8) is 0 Å². The molecule has 0 aliphatic rings. The average molecular weight is 458 g/mol. The highest BCUT2D eigenvalue weighted by atomic mass is 15.2. The minimum Gasteiger partial charge on any atom is -0.327 e. The number of hydrogen-bond donors (Lipinski definition) is 0. The van der Waals surface area contributed by atoms with Crippen LogP contribution in [-0.2, 0) is 6.54 Å². The van der Waals surface area contributed by atoms with Crippen molar-refractivity contribution in [2.75, 3.05) is 11.9 Å². The SMILES string of the molecule is Cc1cc(C)c(N(C)c2nc(-c3ccccc3)n(Cc3ccccc3)c2-c2ccccc2)c(C)c1. The summed E-state index contributed by atoms with van der Waals surface area (Å²) in [4.78, 5) is 7.59. The molecule has 1 heterocycles. The van der Waals surface area contributed by atoms with Gasteiger partial charge in [0.2, 0.25) is 0 Å². The molecule has 3 heteroatoms. The summed E-state index contributed by atoms with van der Waals surface area (Å²) in [5.41, 5.74) is 9.62. The van der Waals surface area contributed by atoms with E-state index in [9.17, 15) is 0 Å². The van der Waals surface area contributed by atoms with Crippen molar-refractivity contribution in [3.8, 4) is 22.6 Å². The average Bonchev–Trinajstić information content (AvgIpc) is 3.24. The number of rotatable bonds is 6. The highest BCUT2D eigenvalue weighted by Gasteiger charge is 2.24. The molecule has 0 unspecified atom stereocenters. The Morgan fingerprint density at radius 1 is 0.686 bits per heavy atom. The number of anilines is 2. The van der Waals surface area contributed by atoms with Crippen LogP contribution in [0.15, 0.2) is 103 Å². The van der Waals surface area contributed by atoms with E-state index < -0.39 is 0 Å². The molecule has 3 nitrogen and oxygen atoms in total. The third-order valence-electron chi connectivity index (χ3n) is 6.50. The summed E-state index contributed by atoms with van der Waals surface area (Å²) in [6.07, 6.45) is 0. The van der Waals surface area contributed by atoms with Crippen LogP contribution in [0, 0.1) is 20.8 Å². The van der Waals surface area contributed by atoms with Crippen molar-refractivity contribution in [3.05, 3.63) is 125 Å². The maximum Gasteiger partial charge on any atom is 0.159 e. The largest absolute Gasteiger partial charge is 0.327 e. The second kappa shape index (κ2) is 9.63. The molecule has 4 aromatic carbocycles. The third kappa shape index (κ3) is 4.50. The maximum atomic E-state index is 5.32. The molecule has 0 bridgehead atoms. The molecule has 0 radical (unpaired) electrons. The Hall–Kier alpha value is -4.11. The fourth-order valence-electron chi connectivity index (χ4n) is 5.09. The number of nitrogens with zero attached hydrogens (tertiary/aromatic N) is 3. The zero-order valence-electron chi connectivity index (χ0n) is 20.9. The summed E-state index contributed by atoms with van der Waals surface area (Å²) < 4.78 is 2.37. The number of hydrogen-bond acceptors (Lipinski definition) is 2. The first-order chi connectivity index (χ1) is 17.0. The van der Waals surface area contributed by atoms with Gasteiger partial charge in [-0.15, -0.1) is 0 Å². The Labute approximate surface area is 208 Å². The van der Waals surface area contributed by atoms with Gasteiger partial charge in [-0.2, -0.15) is 0 Å². The molecule has 5 rings (SSSR count). The zero-order valence-corrected chi connectivity index (χ0v) is 20.9. The van der Waals surface area contributed by atoms with E-state index in [4.69, 9.17) is 4.98 Å². The van der Waals surface area contributed by atoms with Gasteiger partial charge in [-0.3, -0.25) is 0 Å². The van der Waals surface area contributed by atoms with Gasteiger partial charge in [0.1, 0.15) is 5.82 Å². The van der Waals surface area contributed by atoms with Gasteiger partial charge in [0.05, 0.1) is 5.69 Å². The molecule has 0 aliphatic heterocycles. The summed E-state index contributed by atoms with van der Waals surface area (Å²) in [5, 5.41) is 0. The van der Waals surface area contributed by atoms with E-state index in [1.165, 1.54) is 27.9 Å². The lowest BCUT2D eigenvalue weighted by Crippen LogP contribution is -2.15. The topological polar surface area (TPSA) is 21.1 Å². The highest BCUT2D eigenvalue weighted by molar-refractivity contribution is 5.82. The second-order valence-corrected chi connectivity index (χ2v) is 9.22. The van der Waals surface area contributed by atoms with E-state index in [1.54, 1.807) is 0 Å². The maximum absolute atomic E-state index is 5.32. The van der Waals surface area contributed by atoms with Crippen LogP contribution in [0.3, 0.4) is 0 Å². The Balaban J connectivity index is 1.79. The van der Waals surface area contributed by atoms with E-state index in [1.807, 2.05) is 0 Å². The van der Waals surface area contributed by atoms with Gasteiger partial charge in [0.25, 0.3) is 0 Å². The van der Waals surface area contributed by atoms with Gasteiger partial charge in [-0.1, -0.05) is 109 Å². The van der Waals surface area contributed by atoms with Gasteiger partial charge in [-0.05, 0) is 37.5 Å². The molecule has 0 fully saturated rings. The molecular formula is C32H31N3. The van der Waals surface area contributed by atoms with E-state index in [0.29, 0.717) is 0 Å². The predicted molar refractivity (Wildman–Crippen MR) is 147 cm³/mol. The molecule has 174 valence electrons. The third-order valence-corrected chi connectivity index (χ3v) is 6.50. The first kappa shape index (κ1) is 22.7. The summed E-state index contributed by atoms with van der Waals surface area (Å²) >= 11 is 0. The lowest BCUT2D eigenvalue weighted by atomic mass is 10.0. The molecular weight excluding hydrogens is 426 g/mol. The van der Waals surface area contributed by atoms with Gasteiger partial charge < -0.3 is 9.47 Å². The molecule has 0 atom stereocenters. The molecule has 1 aromatic heterocycles. The summed E-state index contributed by atoms with van der Waals surface area (Å²) in [6, 6.07) is 36.3. The van der Waals surface area contributed by atoms with Crippen LogP contribution in [0.5, 0.6) is 0 Å². The minimum absolute atomic E-state index is 0.738. The Kier molecular flexibility index (Phi) is 6.24. The quantitative estimate of drug-likeness (QED) is 0.258. The van der Waals surface area contributed by atoms with Crippen LogP contribution in [0.2, 0.25) is 0 Å². The van der Waals surface area contributed by atoms with E-state index in [2.05, 4.69) is 140 Å². The monoisotopic (exact) mass is 457 g/mol. The van der Waals surface area contributed by atoms with E-state index in [0.717, 1.165) is 35.0 Å². The number of aromatic nitrogens is 2. The fourth-order valence-corrected chi connectivity index (χ4v) is 5.09. The van der Waals surface area contributed by atoms with Crippen LogP contribution in [0.25, 0.3) is 22.6 Å². The zero-order chi connectivity index (χ0) is 24.4. The van der Waals surface area contributed by atoms with Crippen LogP contribution in [-0.4, -0.2) is 16.6 Å². The molecule has 0 spiro atoms. The first-order valence-corrected chi connectivity index (χ1v) is 12.1. The molecule has 0 saturated heterocycles. The van der Waals surface area contributed by atoms with E-state index in [-0.39, 0.29) is 0 Å². The molecule has 0 saturated carbocycles. The molecule has 0 amide bonds. The highest BCUT2D eigenvalue weighted by Crippen LogP contribution is 2.40. The Morgan fingerprint density at radius 3 is 1.77 bits per heavy atom. The molecule has 0 aliphatic carbocycles. The van der Waals surface area contributed by atoms with Gasteiger partial charge in [0, 0.05) is 30.4 Å². The number of imidazole rings is 1. The molecule has 35 heavy (non-hydrogen) atoms. The number of aryl methyl sites for hydroxylation is 3. The number of benzene rings is 4. The Morgan fingerprint density at radius 2 is 1.20 bits per heavy atom. The lowest BCUT2D eigenvalue weighted by Gasteiger charge is -2.24. The standard InChI is InChI=1S/C32H31N3/c1-23-20-24(2)29(25(3)21-23)34(4)32-30(27-16-10-6-11-17-27)35(22-26-14-8-5-9-15-26)31(33-32)28-18-12-7-13-19-28/h5-21H,22H2,1-4H3. The van der Waals surface area contributed by atoms with Crippen molar-refractivity contribution in [1.82, 2.24) is 9.55 Å².